The molecule has 0 spiro atoms. The van der Waals surface area contributed by atoms with Gasteiger partial charge in [0.2, 0.25) is 0 Å². The molecule has 9 heteroatoms. The number of alkyl halides is 3. The van der Waals surface area contributed by atoms with Crippen molar-refractivity contribution < 1.29 is 22.7 Å². The highest BCUT2D eigenvalue weighted by molar-refractivity contribution is 6.05. The number of pyridine rings is 1. The van der Waals surface area contributed by atoms with Gasteiger partial charge in [0, 0.05) is 11.5 Å². The Bertz CT molecular complexity index is 996. The van der Waals surface area contributed by atoms with E-state index in [1.165, 1.54) is 6.07 Å². The number of ether oxygens (including phenoxy) is 1. The van der Waals surface area contributed by atoms with Crippen molar-refractivity contribution in [2.24, 2.45) is 5.92 Å². The molecule has 27 heavy (non-hydrogen) atoms. The zero-order valence-corrected chi connectivity index (χ0v) is 14.0. The molecule has 0 radical (unpaired) electrons. The molecule has 2 heterocycles. The highest BCUT2D eigenvalue weighted by atomic mass is 19.4. The molecule has 0 saturated heterocycles. The van der Waals surface area contributed by atoms with E-state index in [1.807, 2.05) is 0 Å². The van der Waals surface area contributed by atoms with Gasteiger partial charge in [0.1, 0.15) is 17.1 Å². The van der Waals surface area contributed by atoms with Gasteiger partial charge in [-0.1, -0.05) is 6.07 Å². The van der Waals surface area contributed by atoms with Crippen molar-refractivity contribution in [3.8, 4) is 5.75 Å². The lowest BCUT2D eigenvalue weighted by molar-refractivity contribution is -0.141. The summed E-state index contributed by atoms with van der Waals surface area (Å²) in [6.07, 6.45) is -0.840. The topological polar surface area (TPSA) is 79.9 Å². The van der Waals surface area contributed by atoms with Crippen molar-refractivity contribution in [3.63, 3.8) is 0 Å². The van der Waals surface area contributed by atoms with Crippen molar-refractivity contribution in [3.05, 3.63) is 47.9 Å². The first-order chi connectivity index (χ1) is 12.9. The molecule has 6 nitrogen and oxygen atoms in total. The maximum Gasteiger partial charge on any atom is 0.433 e. The predicted molar refractivity (Wildman–Crippen MR) is 91.5 cm³/mol. The summed E-state index contributed by atoms with van der Waals surface area (Å²) in [6.45, 7) is 0.518. The van der Waals surface area contributed by atoms with Gasteiger partial charge in [-0.15, -0.1) is 0 Å². The van der Waals surface area contributed by atoms with E-state index in [9.17, 15) is 18.0 Å². The normalized spacial score (nSPS) is 14.3. The lowest BCUT2D eigenvalue weighted by Gasteiger charge is -2.13. The molecule has 0 bridgehead atoms. The van der Waals surface area contributed by atoms with Crippen molar-refractivity contribution in [1.82, 2.24) is 15.2 Å². The number of nitrogens with one attached hydrogen (secondary N) is 2. The first kappa shape index (κ1) is 17.3. The van der Waals surface area contributed by atoms with Crippen molar-refractivity contribution in [1.29, 1.82) is 0 Å². The molecular weight excluding hydrogens is 361 g/mol. The number of hydrogen-bond acceptors (Lipinski definition) is 4. The summed E-state index contributed by atoms with van der Waals surface area (Å²) < 4.78 is 44.2. The fourth-order valence-electron chi connectivity index (χ4n) is 2.59. The summed E-state index contributed by atoms with van der Waals surface area (Å²) >= 11 is 0. The lowest BCUT2D eigenvalue weighted by atomic mass is 10.2. The van der Waals surface area contributed by atoms with Crippen LogP contribution < -0.4 is 10.1 Å². The standard InChI is InChI=1S/C18H15F3N4O2/c19-18(20,21)16-3-1-2-12(23-16)17(26)24-14-6-11-8-22-25-13(11)7-15(14)27-9-10-4-5-10/h1-3,6-8,10H,4-5,9H2,(H,22,25)(H,24,26). The largest absolute Gasteiger partial charge is 0.491 e. The van der Waals surface area contributed by atoms with E-state index in [2.05, 4.69) is 20.5 Å². The molecule has 0 aliphatic heterocycles. The molecule has 1 aromatic carbocycles. The first-order valence-electron chi connectivity index (χ1n) is 8.36. The lowest BCUT2D eigenvalue weighted by Crippen LogP contribution is -2.17. The molecule has 0 unspecified atom stereocenters. The Hall–Kier alpha value is -3.10. The third kappa shape index (κ3) is 3.86. The Balaban J connectivity index is 1.61. The van der Waals surface area contributed by atoms with Crippen LogP contribution in [-0.2, 0) is 6.18 Å². The minimum atomic E-state index is -4.62. The summed E-state index contributed by atoms with van der Waals surface area (Å²) in [7, 11) is 0. The zero-order chi connectivity index (χ0) is 19.0. The molecule has 1 fully saturated rings. The number of aromatic amines is 1. The molecule has 3 aromatic rings. The average Bonchev–Trinajstić information content (AvgIpc) is 3.36. The fourth-order valence-corrected chi connectivity index (χ4v) is 2.59. The van der Waals surface area contributed by atoms with Crippen molar-refractivity contribution >= 4 is 22.5 Å². The molecule has 2 N–H and O–H groups in total. The second kappa shape index (κ2) is 6.57. The van der Waals surface area contributed by atoms with Crippen LogP contribution in [0.1, 0.15) is 29.0 Å². The number of carbonyl (C=O) groups excluding carboxylic acids is 1. The molecule has 1 aliphatic rings. The first-order valence-corrected chi connectivity index (χ1v) is 8.36. The van der Waals surface area contributed by atoms with Gasteiger partial charge in [-0.3, -0.25) is 9.89 Å². The minimum absolute atomic E-state index is 0.328. The molecule has 1 saturated carbocycles. The molecule has 2 aromatic heterocycles. The van der Waals surface area contributed by atoms with Gasteiger partial charge in [-0.25, -0.2) is 4.98 Å². The van der Waals surface area contributed by atoms with E-state index < -0.39 is 17.8 Å². The second-order valence-corrected chi connectivity index (χ2v) is 6.42. The van der Waals surface area contributed by atoms with Gasteiger partial charge >= 0.3 is 6.18 Å². The average molecular weight is 376 g/mol. The SMILES string of the molecule is O=C(Nc1cc2cn[nH]c2cc1OCC1CC1)c1cccc(C(F)(F)F)n1. The number of H-pyrrole nitrogens is 1. The number of rotatable bonds is 5. The van der Waals surface area contributed by atoms with Gasteiger partial charge < -0.3 is 10.1 Å². The number of amides is 1. The van der Waals surface area contributed by atoms with E-state index in [1.54, 1.807) is 18.3 Å². The Morgan fingerprint density at radius 1 is 1.30 bits per heavy atom. The van der Waals surface area contributed by atoms with Crippen LogP contribution in [0.15, 0.2) is 36.5 Å². The smallest absolute Gasteiger partial charge is 0.433 e. The number of nitrogens with zero attached hydrogens (tertiary/aromatic N) is 2. The number of aromatic nitrogens is 3. The Kier molecular flexibility index (Phi) is 4.21. The van der Waals surface area contributed by atoms with Gasteiger partial charge in [0.15, 0.2) is 0 Å². The van der Waals surface area contributed by atoms with E-state index in [-0.39, 0.29) is 5.69 Å². The number of anilines is 1. The number of fused-ring (bicyclic) bond motifs is 1. The molecule has 4 rings (SSSR count). The van der Waals surface area contributed by atoms with Crippen LogP contribution in [0.5, 0.6) is 5.75 Å². The third-order valence-corrected chi connectivity index (χ3v) is 4.23. The van der Waals surface area contributed by atoms with Gasteiger partial charge in [-0.05, 0) is 37.0 Å². The van der Waals surface area contributed by atoms with Crippen LogP contribution in [0.3, 0.4) is 0 Å². The van der Waals surface area contributed by atoms with Crippen LogP contribution in [0.25, 0.3) is 10.9 Å². The van der Waals surface area contributed by atoms with Crippen LogP contribution in [0.2, 0.25) is 0 Å². The summed E-state index contributed by atoms with van der Waals surface area (Å²) in [5.41, 5.74) is -0.361. The van der Waals surface area contributed by atoms with Crippen LogP contribution in [-0.4, -0.2) is 27.7 Å². The van der Waals surface area contributed by atoms with Crippen LogP contribution >= 0.6 is 0 Å². The van der Waals surface area contributed by atoms with E-state index in [0.29, 0.717) is 24.0 Å². The predicted octanol–water partition coefficient (Wildman–Crippen LogP) is 4.02. The molecule has 0 atom stereocenters. The van der Waals surface area contributed by atoms with E-state index >= 15 is 0 Å². The fraction of sp³-hybridized carbons (Fsp3) is 0.278. The summed E-state index contributed by atoms with van der Waals surface area (Å²) in [6, 6.07) is 6.56. The number of benzene rings is 1. The van der Waals surface area contributed by atoms with Gasteiger partial charge in [0.25, 0.3) is 5.91 Å². The van der Waals surface area contributed by atoms with Crippen molar-refractivity contribution in [2.75, 3.05) is 11.9 Å². The van der Waals surface area contributed by atoms with Crippen LogP contribution in [0.4, 0.5) is 18.9 Å². The number of hydrogen-bond donors (Lipinski definition) is 2. The maximum absolute atomic E-state index is 12.8. The quantitative estimate of drug-likeness (QED) is 0.705. The van der Waals surface area contributed by atoms with E-state index in [4.69, 9.17) is 4.74 Å². The van der Waals surface area contributed by atoms with E-state index in [0.717, 1.165) is 35.9 Å². The van der Waals surface area contributed by atoms with Gasteiger partial charge in [0.05, 0.1) is 24.0 Å². The third-order valence-electron chi connectivity index (χ3n) is 4.23. The molecule has 1 aliphatic carbocycles. The molecular formula is C18H15F3N4O2. The summed E-state index contributed by atoms with van der Waals surface area (Å²) in [5.74, 6) is 0.176. The molecule has 1 amide bonds. The Morgan fingerprint density at radius 2 is 2.11 bits per heavy atom. The van der Waals surface area contributed by atoms with Crippen molar-refractivity contribution in [2.45, 2.75) is 19.0 Å². The minimum Gasteiger partial charge on any atom is -0.491 e. The monoisotopic (exact) mass is 376 g/mol. The maximum atomic E-state index is 12.8. The van der Waals surface area contributed by atoms with Gasteiger partial charge in [-0.2, -0.15) is 18.3 Å². The Morgan fingerprint density at radius 3 is 2.85 bits per heavy atom. The highest BCUT2D eigenvalue weighted by Crippen LogP contribution is 2.34. The summed E-state index contributed by atoms with van der Waals surface area (Å²) in [5, 5.41) is 10.1. The molecule has 140 valence electrons. The zero-order valence-electron chi connectivity index (χ0n) is 14.0. The number of carbonyl (C=O) groups is 1. The Labute approximate surface area is 151 Å². The summed E-state index contributed by atoms with van der Waals surface area (Å²) in [4.78, 5) is 15.9. The number of halogens is 3. The second-order valence-electron chi connectivity index (χ2n) is 6.42. The van der Waals surface area contributed by atoms with Crippen LogP contribution in [0, 0.1) is 5.92 Å². The highest BCUT2D eigenvalue weighted by Gasteiger charge is 2.33.